The Labute approximate surface area is 192 Å². The van der Waals surface area contributed by atoms with Crippen molar-refractivity contribution in [2.24, 2.45) is 0 Å². The number of alkyl halides is 19. The van der Waals surface area contributed by atoms with Gasteiger partial charge >= 0.3 is 62.8 Å². The maximum atomic E-state index is 13.4. The Hall–Kier alpha value is -1.46. The van der Waals surface area contributed by atoms with Gasteiger partial charge in [0.25, 0.3) is 0 Å². The van der Waals surface area contributed by atoms with Gasteiger partial charge in [-0.1, -0.05) is 0 Å². The first kappa shape index (κ1) is 37.7. The number of hydrogen-bond acceptors (Lipinski definition) is 3. The average molecular weight is 623 g/mol. The Balaban J connectivity index is 0. The van der Waals surface area contributed by atoms with Gasteiger partial charge in [-0.2, -0.15) is 87.4 Å². The minimum absolute atomic E-state index is 0.791. The lowest BCUT2D eigenvalue weighted by Gasteiger charge is -2.44. The summed E-state index contributed by atoms with van der Waals surface area (Å²) in [6.07, 6.45) is -4.67. The molecule has 24 heteroatoms. The summed E-state index contributed by atoms with van der Waals surface area (Å²) in [7, 11) is -4.25. The lowest BCUT2D eigenvalue weighted by molar-refractivity contribution is -0.460. The predicted molar refractivity (Wildman–Crippen MR) is 81.6 cm³/mol. The van der Waals surface area contributed by atoms with E-state index < -0.39 is 75.8 Å². The second-order valence-corrected chi connectivity index (χ2v) is 8.21. The highest BCUT2D eigenvalue weighted by Gasteiger charge is 2.97. The van der Waals surface area contributed by atoms with Crippen LogP contribution in [0.4, 0.5) is 83.4 Å². The van der Waals surface area contributed by atoms with Gasteiger partial charge in [-0.25, -0.2) is 4.39 Å². The molecule has 0 rings (SSSR count). The average Bonchev–Trinajstić information content (AvgIpc) is 2.66. The van der Waals surface area contributed by atoms with Crippen LogP contribution in [0.3, 0.4) is 0 Å². The Morgan fingerprint density at radius 1 is 0.541 bits per heavy atom. The van der Waals surface area contributed by atoms with Gasteiger partial charge in [0, 0.05) is 0 Å². The fourth-order valence-electron chi connectivity index (χ4n) is 1.79. The molecule has 0 aromatic heterocycles. The van der Waals surface area contributed by atoms with Gasteiger partial charge in [-0.15, -0.1) is 0 Å². The van der Waals surface area contributed by atoms with Crippen molar-refractivity contribution in [3.63, 3.8) is 0 Å². The summed E-state index contributed by atoms with van der Waals surface area (Å²) in [5, 5.41) is -5.21. The van der Waals surface area contributed by atoms with Crippen LogP contribution >= 0.6 is 0 Å². The quantitative estimate of drug-likeness (QED) is 0.241. The van der Waals surface area contributed by atoms with Crippen LogP contribution in [-0.2, 0) is 10.1 Å². The molecule has 2 N–H and O–H groups in total. The fourth-order valence-corrected chi connectivity index (χ4v) is 2.24. The molecule has 0 saturated carbocycles. The molecule has 0 amide bonds. The zero-order chi connectivity index (χ0) is 31.3. The number of halogens is 19. The molecule has 0 bridgehead atoms. The van der Waals surface area contributed by atoms with Crippen molar-refractivity contribution < 1.29 is 96.4 Å². The molecular weight excluding hydrogens is 611 g/mol. The van der Waals surface area contributed by atoms with E-state index in [0.717, 1.165) is 0 Å². The molecule has 226 valence electrons. The molecule has 1 atom stereocenters. The van der Waals surface area contributed by atoms with E-state index in [9.17, 15) is 91.8 Å². The molecule has 4 nitrogen and oxygen atoms in total. The molecule has 0 heterocycles. The Morgan fingerprint density at radius 3 is 0.919 bits per heavy atom. The summed E-state index contributed by atoms with van der Waals surface area (Å²) in [5.41, 5.74) is 0. The van der Waals surface area contributed by atoms with E-state index in [2.05, 4.69) is 5.32 Å². The SMILES string of the molecule is CC(F)C(F)(F)C(F)(F)C(F)(F)C(F)(F)C(F)(F)C(F)(F)C(F)(F)C(F)(F)C(F)(F)S(=O)(=O)O.CNC. The number of nitrogens with one attached hydrogen (secondary N) is 1. The molecule has 0 aliphatic carbocycles. The lowest BCUT2D eigenvalue weighted by Crippen LogP contribution is -2.76. The highest BCUT2D eigenvalue weighted by Crippen LogP contribution is 2.65. The van der Waals surface area contributed by atoms with Crippen LogP contribution in [-0.4, -0.2) is 85.9 Å². The third-order valence-corrected chi connectivity index (χ3v) is 4.88. The molecule has 37 heavy (non-hydrogen) atoms. The van der Waals surface area contributed by atoms with Crippen LogP contribution in [0.25, 0.3) is 0 Å². The zero-order valence-electron chi connectivity index (χ0n) is 17.4. The van der Waals surface area contributed by atoms with Crippen molar-refractivity contribution in [3.05, 3.63) is 0 Å². The second kappa shape index (κ2) is 9.93. The Bertz CT molecular complexity index is 899. The number of hydrogen-bond donors (Lipinski definition) is 2. The van der Waals surface area contributed by atoms with Gasteiger partial charge in [0.15, 0.2) is 6.17 Å². The first-order chi connectivity index (χ1) is 15.6. The summed E-state index contributed by atoms with van der Waals surface area (Å²) < 4.78 is 278. The van der Waals surface area contributed by atoms with Crippen molar-refractivity contribution >= 4 is 10.1 Å². The molecule has 0 spiro atoms. The van der Waals surface area contributed by atoms with Crippen LogP contribution in [0.2, 0.25) is 0 Å². The molecule has 0 fully saturated rings. The summed E-state index contributed by atoms with van der Waals surface area (Å²) in [4.78, 5) is 0. The summed E-state index contributed by atoms with van der Waals surface area (Å²) in [6.45, 7) is -0.791. The third kappa shape index (κ3) is 5.00. The van der Waals surface area contributed by atoms with Crippen molar-refractivity contribution in [3.8, 4) is 0 Å². The van der Waals surface area contributed by atoms with Gasteiger partial charge in [-0.3, -0.25) is 4.55 Å². The largest absolute Gasteiger partial charge is 0.438 e. The molecule has 0 saturated heterocycles. The lowest BCUT2D eigenvalue weighted by atomic mass is 9.87. The molecule has 0 aromatic rings. The van der Waals surface area contributed by atoms with Crippen LogP contribution < -0.4 is 5.32 Å². The van der Waals surface area contributed by atoms with Gasteiger partial charge < -0.3 is 5.32 Å². The highest BCUT2D eigenvalue weighted by molar-refractivity contribution is 7.87. The first-order valence-electron chi connectivity index (χ1n) is 8.21. The summed E-state index contributed by atoms with van der Waals surface area (Å²) in [5.74, 6) is -68.8. The molecule has 0 aliphatic rings. The zero-order valence-corrected chi connectivity index (χ0v) is 18.2. The summed E-state index contributed by atoms with van der Waals surface area (Å²) in [6, 6.07) is 0. The van der Waals surface area contributed by atoms with Gasteiger partial charge in [-0.05, 0) is 21.0 Å². The maximum Gasteiger partial charge on any atom is 0.438 e. The minimum Gasteiger partial charge on any atom is -0.323 e. The van der Waals surface area contributed by atoms with Gasteiger partial charge in [0.2, 0.25) is 0 Å². The third-order valence-electron chi connectivity index (χ3n) is 3.97. The van der Waals surface area contributed by atoms with Crippen molar-refractivity contribution in [1.82, 2.24) is 5.32 Å². The number of rotatable bonds is 10. The smallest absolute Gasteiger partial charge is 0.323 e. The van der Waals surface area contributed by atoms with E-state index >= 15 is 0 Å². The normalized spacial score (nSPS) is 16.7. The van der Waals surface area contributed by atoms with E-state index in [-0.39, 0.29) is 0 Å². The topological polar surface area (TPSA) is 66.4 Å². The molecule has 1 unspecified atom stereocenters. The Morgan fingerprint density at radius 2 is 0.730 bits per heavy atom. The monoisotopic (exact) mass is 623 g/mol. The van der Waals surface area contributed by atoms with E-state index in [1.54, 1.807) is 0 Å². The fraction of sp³-hybridized carbons (Fsp3) is 1.00. The van der Waals surface area contributed by atoms with Crippen LogP contribution in [0.1, 0.15) is 6.92 Å². The van der Waals surface area contributed by atoms with E-state index in [1.165, 1.54) is 0 Å². The highest BCUT2D eigenvalue weighted by atomic mass is 32.2. The van der Waals surface area contributed by atoms with Crippen molar-refractivity contribution in [1.29, 1.82) is 0 Å². The van der Waals surface area contributed by atoms with Gasteiger partial charge in [0.05, 0.1) is 0 Å². The second-order valence-electron chi connectivity index (χ2n) is 6.75. The molecule has 0 aromatic carbocycles. The maximum absolute atomic E-state index is 13.4. The molecular formula is C13H12F19NO3S. The molecule has 0 aliphatic heterocycles. The van der Waals surface area contributed by atoms with E-state index in [1.807, 2.05) is 14.1 Å². The van der Waals surface area contributed by atoms with Crippen molar-refractivity contribution in [2.75, 3.05) is 14.1 Å². The molecule has 0 radical (unpaired) electrons. The first-order valence-corrected chi connectivity index (χ1v) is 9.65. The Kier molecular flexibility index (Phi) is 10.1. The van der Waals surface area contributed by atoms with Gasteiger partial charge in [0.1, 0.15) is 0 Å². The van der Waals surface area contributed by atoms with Crippen LogP contribution in [0, 0.1) is 0 Å². The summed E-state index contributed by atoms with van der Waals surface area (Å²) >= 11 is 0. The van der Waals surface area contributed by atoms with E-state index in [0.29, 0.717) is 0 Å². The van der Waals surface area contributed by atoms with Crippen molar-refractivity contribution in [2.45, 2.75) is 65.7 Å². The minimum atomic E-state index is -9.12. The van der Waals surface area contributed by atoms with Crippen LogP contribution in [0.5, 0.6) is 0 Å². The van der Waals surface area contributed by atoms with E-state index in [4.69, 9.17) is 4.55 Å². The van der Waals surface area contributed by atoms with Crippen LogP contribution in [0.15, 0.2) is 0 Å². The standard InChI is InChI=1S/C11H5F19O3S.C2H7N/c1-2(12)3(13,14)4(15,16)5(17,18)6(19,20)7(21,22)8(23,24)9(25,26)10(27,28)11(29,30)34(31,32)33;1-3-2/h2H,1H3,(H,31,32,33);3H,1-2H3. The predicted octanol–water partition coefficient (Wildman–Crippen LogP) is 5.74.